The van der Waals surface area contributed by atoms with Crippen LogP contribution in [0.3, 0.4) is 0 Å². The van der Waals surface area contributed by atoms with Gasteiger partial charge in [0.05, 0.1) is 18.0 Å². The molecule has 2 aromatic carbocycles. The van der Waals surface area contributed by atoms with E-state index in [1.165, 1.54) is 4.90 Å². The van der Waals surface area contributed by atoms with E-state index in [1.807, 2.05) is 77.5 Å². The summed E-state index contributed by atoms with van der Waals surface area (Å²) in [6, 6.07) is 16.6. The Morgan fingerprint density at radius 1 is 1.07 bits per heavy atom. The van der Waals surface area contributed by atoms with Crippen molar-refractivity contribution in [1.82, 2.24) is 15.1 Å². The highest BCUT2D eigenvalue weighted by atomic mass is 16.5. The van der Waals surface area contributed by atoms with Gasteiger partial charge in [0.25, 0.3) is 5.91 Å². The third kappa shape index (κ3) is 2.64. The second-order valence-electron chi connectivity index (χ2n) is 7.22. The van der Waals surface area contributed by atoms with Gasteiger partial charge >= 0.3 is 6.03 Å². The van der Waals surface area contributed by atoms with Crippen LogP contribution in [0.5, 0.6) is 5.75 Å². The number of nitrogens with zero attached hydrogens (tertiary/aromatic N) is 4. The van der Waals surface area contributed by atoms with Crippen LogP contribution < -0.4 is 15.0 Å². The number of benzene rings is 2. The summed E-state index contributed by atoms with van der Waals surface area (Å²) < 4.78 is 5.87. The van der Waals surface area contributed by atoms with Crippen molar-refractivity contribution in [2.45, 2.75) is 19.1 Å². The van der Waals surface area contributed by atoms with Crippen molar-refractivity contribution in [3.05, 3.63) is 66.4 Å². The van der Waals surface area contributed by atoms with Crippen LogP contribution in [0.15, 0.2) is 65.8 Å². The van der Waals surface area contributed by atoms with E-state index < -0.39 is 18.2 Å². The molecule has 1 N–H and O–H groups in total. The summed E-state index contributed by atoms with van der Waals surface area (Å²) in [5.41, 5.74) is 2.69. The average Bonchev–Trinajstić information content (AvgIpc) is 3.30. The maximum absolute atomic E-state index is 12.7. The number of hydrogen-bond acceptors (Lipinski definition) is 6. The number of likely N-dealkylation sites (N-methyl/N-ethyl adjacent to an activating group) is 1. The minimum atomic E-state index is -0.620. The van der Waals surface area contributed by atoms with Gasteiger partial charge in [-0.25, -0.2) is 9.79 Å². The van der Waals surface area contributed by atoms with Crippen LogP contribution in [0, 0.1) is 0 Å². The molecule has 3 aliphatic heterocycles. The lowest BCUT2D eigenvalue weighted by molar-refractivity contribution is -0.126. The fourth-order valence-corrected chi connectivity index (χ4v) is 4.05. The molecule has 0 spiro atoms. The van der Waals surface area contributed by atoms with Crippen LogP contribution in [0.1, 0.15) is 12.5 Å². The Bertz CT molecular complexity index is 1080. The number of aliphatic imine (C=N–C) groups is 1. The van der Waals surface area contributed by atoms with E-state index in [2.05, 4.69) is 5.32 Å². The fourth-order valence-electron chi connectivity index (χ4n) is 4.05. The lowest BCUT2D eigenvalue weighted by atomic mass is 10.1. The number of carbonyl (C=O) groups excluding carboxylic acids is 2. The minimum Gasteiger partial charge on any atom is -0.492 e. The Morgan fingerprint density at radius 2 is 1.80 bits per heavy atom. The Morgan fingerprint density at radius 3 is 2.57 bits per heavy atom. The van der Waals surface area contributed by atoms with Gasteiger partial charge in [0, 0.05) is 18.8 Å². The number of guanidine groups is 1. The summed E-state index contributed by atoms with van der Waals surface area (Å²) in [5, 5.41) is 2.41. The van der Waals surface area contributed by atoms with Crippen LogP contribution in [-0.4, -0.2) is 53.6 Å². The lowest BCUT2D eigenvalue weighted by Gasteiger charge is -2.34. The van der Waals surface area contributed by atoms with Gasteiger partial charge in [-0.1, -0.05) is 42.5 Å². The molecule has 152 valence electrons. The van der Waals surface area contributed by atoms with Crippen molar-refractivity contribution < 1.29 is 14.3 Å². The number of imide groups is 1. The molecule has 1 saturated heterocycles. The number of ether oxygens (including phenoxy) is 1. The first kappa shape index (κ1) is 18.2. The van der Waals surface area contributed by atoms with Gasteiger partial charge in [-0.15, -0.1) is 0 Å². The van der Waals surface area contributed by atoms with E-state index >= 15 is 0 Å². The zero-order valence-corrected chi connectivity index (χ0v) is 16.6. The average molecular weight is 403 g/mol. The van der Waals surface area contributed by atoms with E-state index in [1.54, 1.807) is 7.05 Å². The van der Waals surface area contributed by atoms with Crippen molar-refractivity contribution in [2.24, 2.45) is 4.99 Å². The molecule has 3 heterocycles. The summed E-state index contributed by atoms with van der Waals surface area (Å²) in [7, 11) is 1.64. The standard InChI is InChI=1S/C22H21N5O3/c1-3-30-17-12-8-7-11-15(17)27-16(14-9-5-4-6-10-14)13-26-18-19(23-21(26)27)25(2)22(29)24-20(18)28/h4-13,18-19H,3H2,1-2H3,(H,24,28,29). The van der Waals surface area contributed by atoms with Crippen molar-refractivity contribution >= 4 is 29.3 Å². The Labute approximate surface area is 174 Å². The molecule has 2 atom stereocenters. The predicted octanol–water partition coefficient (Wildman–Crippen LogP) is 2.45. The molecule has 2 unspecified atom stereocenters. The Balaban J connectivity index is 1.66. The summed E-state index contributed by atoms with van der Waals surface area (Å²) in [4.78, 5) is 34.9. The SMILES string of the molecule is CCOc1ccccc1N1C(c2ccccc2)=CN2C1=NC1C2C(=O)NC(=O)N1C. The molecule has 0 radical (unpaired) electrons. The molecule has 8 heteroatoms. The number of nitrogens with one attached hydrogen (secondary N) is 1. The van der Waals surface area contributed by atoms with Crippen LogP contribution >= 0.6 is 0 Å². The normalized spacial score (nSPS) is 22.4. The largest absolute Gasteiger partial charge is 0.492 e. The fraction of sp³-hybridized carbons (Fsp3) is 0.227. The second-order valence-corrected chi connectivity index (χ2v) is 7.22. The third-order valence-corrected chi connectivity index (χ3v) is 5.45. The van der Waals surface area contributed by atoms with Crippen LogP contribution in [0.25, 0.3) is 5.70 Å². The zero-order valence-electron chi connectivity index (χ0n) is 16.6. The van der Waals surface area contributed by atoms with Gasteiger partial charge in [0.2, 0.25) is 5.96 Å². The number of fused-ring (bicyclic) bond motifs is 3. The molecule has 3 aliphatic rings. The molecule has 0 aromatic heterocycles. The molecule has 2 aromatic rings. The zero-order chi connectivity index (χ0) is 20.8. The number of amides is 3. The summed E-state index contributed by atoms with van der Waals surface area (Å²) in [5.74, 6) is 0.952. The van der Waals surface area contributed by atoms with Gasteiger partial charge < -0.3 is 9.64 Å². The summed E-state index contributed by atoms with van der Waals surface area (Å²) >= 11 is 0. The molecule has 8 nitrogen and oxygen atoms in total. The molecule has 3 amide bonds. The van der Waals surface area contributed by atoms with Gasteiger partial charge in [-0.3, -0.25) is 19.9 Å². The van der Waals surface area contributed by atoms with Gasteiger partial charge in [0.1, 0.15) is 5.75 Å². The van der Waals surface area contributed by atoms with E-state index in [0.29, 0.717) is 12.6 Å². The third-order valence-electron chi connectivity index (χ3n) is 5.45. The highest BCUT2D eigenvalue weighted by Crippen LogP contribution is 2.42. The first-order valence-corrected chi connectivity index (χ1v) is 9.83. The molecular formula is C22H21N5O3. The lowest BCUT2D eigenvalue weighted by Crippen LogP contribution is -2.62. The molecule has 0 bridgehead atoms. The van der Waals surface area contributed by atoms with Crippen molar-refractivity contribution in [2.75, 3.05) is 18.6 Å². The van der Waals surface area contributed by atoms with E-state index in [-0.39, 0.29) is 5.91 Å². The molecule has 30 heavy (non-hydrogen) atoms. The number of anilines is 1. The Kier molecular flexibility index (Phi) is 4.20. The number of rotatable bonds is 4. The second kappa shape index (κ2) is 6.91. The van der Waals surface area contributed by atoms with Crippen molar-refractivity contribution in [3.8, 4) is 5.75 Å². The van der Waals surface area contributed by atoms with Crippen LogP contribution in [-0.2, 0) is 4.79 Å². The van der Waals surface area contributed by atoms with Gasteiger partial charge in [0.15, 0.2) is 12.2 Å². The monoisotopic (exact) mass is 403 g/mol. The van der Waals surface area contributed by atoms with E-state index in [4.69, 9.17) is 9.73 Å². The van der Waals surface area contributed by atoms with Crippen LogP contribution in [0.2, 0.25) is 0 Å². The summed E-state index contributed by atoms with van der Waals surface area (Å²) in [6.45, 7) is 2.46. The van der Waals surface area contributed by atoms with E-state index in [0.717, 1.165) is 22.7 Å². The number of para-hydroxylation sites is 2. The first-order valence-electron chi connectivity index (χ1n) is 9.83. The molecule has 0 saturated carbocycles. The number of hydrogen-bond donors (Lipinski definition) is 1. The topological polar surface area (TPSA) is 77.5 Å². The minimum absolute atomic E-state index is 0.356. The van der Waals surface area contributed by atoms with Gasteiger partial charge in [-0.2, -0.15) is 0 Å². The maximum Gasteiger partial charge on any atom is 0.325 e. The predicted molar refractivity (Wildman–Crippen MR) is 113 cm³/mol. The summed E-state index contributed by atoms with van der Waals surface area (Å²) in [6.07, 6.45) is 1.33. The first-order chi connectivity index (χ1) is 14.6. The molecule has 1 fully saturated rings. The van der Waals surface area contributed by atoms with E-state index in [9.17, 15) is 9.59 Å². The molecular weight excluding hydrogens is 382 g/mol. The van der Waals surface area contributed by atoms with Gasteiger partial charge in [-0.05, 0) is 19.1 Å². The van der Waals surface area contributed by atoms with Crippen molar-refractivity contribution in [1.29, 1.82) is 0 Å². The highest BCUT2D eigenvalue weighted by Gasteiger charge is 2.52. The quantitative estimate of drug-likeness (QED) is 0.849. The maximum atomic E-state index is 12.7. The van der Waals surface area contributed by atoms with Crippen molar-refractivity contribution in [3.63, 3.8) is 0 Å². The highest BCUT2D eigenvalue weighted by molar-refractivity contribution is 6.16. The molecule has 5 rings (SSSR count). The number of urea groups is 1. The smallest absolute Gasteiger partial charge is 0.325 e. The van der Waals surface area contributed by atoms with Crippen LogP contribution in [0.4, 0.5) is 10.5 Å². The number of carbonyl (C=O) groups is 2. The molecule has 0 aliphatic carbocycles. The Hall–Kier alpha value is -3.81.